The number of carbonyl (C=O) groups is 1. The molecule has 1 fully saturated rings. The number of benzene rings is 1. The van der Waals surface area contributed by atoms with E-state index in [1.165, 1.54) is 12.1 Å². The van der Waals surface area contributed by atoms with Crippen molar-refractivity contribution in [2.75, 3.05) is 5.32 Å². The maximum absolute atomic E-state index is 13.3. The van der Waals surface area contributed by atoms with Crippen molar-refractivity contribution in [1.82, 2.24) is 0 Å². The number of carbonyl (C=O) groups excluding carboxylic acids is 1. The van der Waals surface area contributed by atoms with Gasteiger partial charge in [-0.15, -0.1) is 0 Å². The fraction of sp³-hybridized carbons (Fsp3) is 0.417. The zero-order chi connectivity index (χ0) is 12.5. The zero-order valence-electron chi connectivity index (χ0n) is 9.17. The van der Waals surface area contributed by atoms with Gasteiger partial charge in [-0.05, 0) is 37.8 Å². The second kappa shape index (κ2) is 4.41. The molecule has 1 aromatic rings. The summed E-state index contributed by atoms with van der Waals surface area (Å²) in [4.78, 5) is 11.7. The van der Waals surface area contributed by atoms with E-state index in [9.17, 15) is 18.7 Å². The first kappa shape index (κ1) is 12.0. The van der Waals surface area contributed by atoms with E-state index in [1.807, 2.05) is 0 Å². The van der Waals surface area contributed by atoms with Gasteiger partial charge in [0.2, 0.25) is 0 Å². The molecule has 0 radical (unpaired) electrons. The number of amides is 1. The van der Waals surface area contributed by atoms with Crippen LogP contribution in [0.4, 0.5) is 14.5 Å². The van der Waals surface area contributed by atoms with Crippen molar-refractivity contribution >= 4 is 11.6 Å². The van der Waals surface area contributed by atoms with Gasteiger partial charge < -0.3 is 10.4 Å². The van der Waals surface area contributed by atoms with Crippen molar-refractivity contribution in [2.24, 2.45) is 0 Å². The van der Waals surface area contributed by atoms with Crippen LogP contribution in [0.15, 0.2) is 18.2 Å². The molecule has 1 saturated carbocycles. The van der Waals surface area contributed by atoms with Gasteiger partial charge in [-0.3, -0.25) is 4.79 Å². The van der Waals surface area contributed by atoms with Crippen LogP contribution in [-0.4, -0.2) is 16.6 Å². The van der Waals surface area contributed by atoms with Crippen LogP contribution in [-0.2, 0) is 4.79 Å². The lowest BCUT2D eigenvalue weighted by molar-refractivity contribution is -0.133. The standard InChI is InChI=1S/C12H13F2NO2/c13-8-4-3-5-9(10(8)14)15-11(16)12(17)6-1-2-7-12/h3-5,17H,1-2,6-7H2,(H,15,16). The Morgan fingerprint density at radius 1 is 1.29 bits per heavy atom. The summed E-state index contributed by atoms with van der Waals surface area (Å²) >= 11 is 0. The van der Waals surface area contributed by atoms with Gasteiger partial charge in [-0.2, -0.15) is 0 Å². The summed E-state index contributed by atoms with van der Waals surface area (Å²) in [5, 5.41) is 12.2. The minimum absolute atomic E-state index is 0.240. The Bertz CT molecular complexity index is 442. The van der Waals surface area contributed by atoms with Crippen molar-refractivity contribution < 1.29 is 18.7 Å². The Balaban J connectivity index is 2.16. The molecular weight excluding hydrogens is 228 g/mol. The molecule has 0 aliphatic heterocycles. The monoisotopic (exact) mass is 241 g/mol. The van der Waals surface area contributed by atoms with Crippen LogP contribution in [0.25, 0.3) is 0 Å². The number of anilines is 1. The first-order valence-electron chi connectivity index (χ1n) is 5.51. The van der Waals surface area contributed by atoms with Gasteiger partial charge in [0, 0.05) is 0 Å². The summed E-state index contributed by atoms with van der Waals surface area (Å²) in [6, 6.07) is 3.52. The predicted molar refractivity (Wildman–Crippen MR) is 58.4 cm³/mol. The molecule has 0 spiro atoms. The molecule has 3 nitrogen and oxygen atoms in total. The third-order valence-corrected chi connectivity index (χ3v) is 3.05. The average molecular weight is 241 g/mol. The Kier molecular flexibility index (Phi) is 3.11. The van der Waals surface area contributed by atoms with Gasteiger partial charge >= 0.3 is 0 Å². The SMILES string of the molecule is O=C(Nc1cccc(F)c1F)C1(O)CCCC1. The molecule has 92 valence electrons. The van der Waals surface area contributed by atoms with Crippen LogP contribution in [0.3, 0.4) is 0 Å². The van der Waals surface area contributed by atoms with Gasteiger partial charge in [0.15, 0.2) is 11.6 Å². The van der Waals surface area contributed by atoms with Crippen LogP contribution < -0.4 is 5.32 Å². The van der Waals surface area contributed by atoms with Crippen molar-refractivity contribution in [1.29, 1.82) is 0 Å². The molecule has 1 aromatic carbocycles. The smallest absolute Gasteiger partial charge is 0.256 e. The Morgan fingerprint density at radius 2 is 1.94 bits per heavy atom. The summed E-state index contributed by atoms with van der Waals surface area (Å²) in [7, 11) is 0. The molecule has 0 bridgehead atoms. The Labute approximate surface area is 97.5 Å². The lowest BCUT2D eigenvalue weighted by Gasteiger charge is -2.21. The summed E-state index contributed by atoms with van der Waals surface area (Å²) in [6.45, 7) is 0. The molecule has 1 aliphatic rings. The largest absolute Gasteiger partial charge is 0.380 e. The molecule has 0 unspecified atom stereocenters. The van der Waals surface area contributed by atoms with E-state index in [0.717, 1.165) is 18.9 Å². The van der Waals surface area contributed by atoms with Crippen molar-refractivity contribution in [3.63, 3.8) is 0 Å². The summed E-state index contributed by atoms with van der Waals surface area (Å²) in [6.07, 6.45) is 2.23. The highest BCUT2D eigenvalue weighted by Crippen LogP contribution is 2.31. The molecular formula is C12H13F2NO2. The molecule has 0 saturated heterocycles. The quantitative estimate of drug-likeness (QED) is 0.834. The topological polar surface area (TPSA) is 49.3 Å². The summed E-state index contributed by atoms with van der Waals surface area (Å²) in [5.74, 6) is -2.80. The molecule has 0 atom stereocenters. The fourth-order valence-electron chi connectivity index (χ4n) is 2.03. The van der Waals surface area contributed by atoms with E-state index in [2.05, 4.69) is 5.32 Å². The lowest BCUT2D eigenvalue weighted by atomic mass is 10.0. The third-order valence-electron chi connectivity index (χ3n) is 3.05. The maximum Gasteiger partial charge on any atom is 0.256 e. The summed E-state index contributed by atoms with van der Waals surface area (Å²) < 4.78 is 26.2. The minimum atomic E-state index is -1.45. The first-order chi connectivity index (χ1) is 8.03. The third kappa shape index (κ3) is 2.29. The van der Waals surface area contributed by atoms with Gasteiger partial charge in [0.1, 0.15) is 5.60 Å². The average Bonchev–Trinajstić information content (AvgIpc) is 2.73. The second-order valence-corrected chi connectivity index (χ2v) is 4.29. The van der Waals surface area contributed by atoms with Crippen LogP contribution >= 0.6 is 0 Å². The van der Waals surface area contributed by atoms with Crippen LogP contribution in [0.1, 0.15) is 25.7 Å². The van der Waals surface area contributed by atoms with Crippen molar-refractivity contribution in [3.8, 4) is 0 Å². The fourth-order valence-corrected chi connectivity index (χ4v) is 2.03. The van der Waals surface area contributed by atoms with E-state index in [-0.39, 0.29) is 5.69 Å². The second-order valence-electron chi connectivity index (χ2n) is 4.29. The number of aliphatic hydroxyl groups is 1. The van der Waals surface area contributed by atoms with E-state index < -0.39 is 23.1 Å². The van der Waals surface area contributed by atoms with Crippen LogP contribution in [0.2, 0.25) is 0 Å². The van der Waals surface area contributed by atoms with Gasteiger partial charge in [-0.25, -0.2) is 8.78 Å². The molecule has 0 aromatic heterocycles. The molecule has 2 rings (SSSR count). The first-order valence-corrected chi connectivity index (χ1v) is 5.51. The minimum Gasteiger partial charge on any atom is -0.380 e. The molecule has 2 N–H and O–H groups in total. The summed E-state index contributed by atoms with van der Waals surface area (Å²) in [5.41, 5.74) is -1.69. The molecule has 1 amide bonds. The molecule has 0 heterocycles. The Morgan fingerprint density at radius 3 is 2.59 bits per heavy atom. The predicted octanol–water partition coefficient (Wildman–Crippen LogP) is 2.21. The number of rotatable bonds is 2. The maximum atomic E-state index is 13.3. The molecule has 17 heavy (non-hydrogen) atoms. The molecule has 1 aliphatic carbocycles. The van der Waals surface area contributed by atoms with Gasteiger partial charge in [0.25, 0.3) is 5.91 Å². The molecule has 5 heteroatoms. The van der Waals surface area contributed by atoms with E-state index >= 15 is 0 Å². The van der Waals surface area contributed by atoms with Crippen LogP contribution in [0.5, 0.6) is 0 Å². The number of hydrogen-bond donors (Lipinski definition) is 2. The number of nitrogens with one attached hydrogen (secondary N) is 1. The highest BCUT2D eigenvalue weighted by Gasteiger charge is 2.39. The van der Waals surface area contributed by atoms with Crippen molar-refractivity contribution in [2.45, 2.75) is 31.3 Å². The normalized spacial score (nSPS) is 18.1. The van der Waals surface area contributed by atoms with E-state index in [0.29, 0.717) is 12.8 Å². The van der Waals surface area contributed by atoms with Crippen LogP contribution in [0, 0.1) is 11.6 Å². The van der Waals surface area contributed by atoms with Gasteiger partial charge in [-0.1, -0.05) is 6.07 Å². The zero-order valence-corrected chi connectivity index (χ0v) is 9.17. The lowest BCUT2D eigenvalue weighted by Crippen LogP contribution is -2.40. The van der Waals surface area contributed by atoms with Gasteiger partial charge in [0.05, 0.1) is 5.69 Å². The van der Waals surface area contributed by atoms with E-state index in [1.54, 1.807) is 0 Å². The Hall–Kier alpha value is -1.49. The number of halogens is 2. The van der Waals surface area contributed by atoms with Crippen molar-refractivity contribution in [3.05, 3.63) is 29.8 Å². The number of hydrogen-bond acceptors (Lipinski definition) is 2. The highest BCUT2D eigenvalue weighted by atomic mass is 19.2. The highest BCUT2D eigenvalue weighted by molar-refractivity contribution is 5.97. The van der Waals surface area contributed by atoms with E-state index in [4.69, 9.17) is 0 Å².